The summed E-state index contributed by atoms with van der Waals surface area (Å²) >= 11 is 0. The van der Waals surface area contributed by atoms with Gasteiger partial charge in [-0.3, -0.25) is 0 Å². The fourth-order valence-corrected chi connectivity index (χ4v) is 9.26. The second-order valence-corrected chi connectivity index (χ2v) is 16.0. The predicted molar refractivity (Wildman–Crippen MR) is 269 cm³/mol. The first-order valence-corrected chi connectivity index (χ1v) is 21.7. The van der Waals surface area contributed by atoms with Gasteiger partial charge in [0, 0.05) is 17.1 Å². The third-order valence-electron chi connectivity index (χ3n) is 12.3. The molecule has 0 spiro atoms. The minimum atomic E-state index is 1.08. The molecule has 0 unspecified atom stereocenters. The summed E-state index contributed by atoms with van der Waals surface area (Å²) in [5, 5.41) is 4.91. The number of benzene rings is 11. The molecule has 0 bridgehead atoms. The predicted octanol–water partition coefficient (Wildman–Crippen LogP) is 17.5. The summed E-state index contributed by atoms with van der Waals surface area (Å²) in [4.78, 5) is 2.40. The van der Waals surface area contributed by atoms with Crippen LogP contribution in [0.15, 0.2) is 261 Å². The first-order chi connectivity index (χ1) is 31.3. The standard InChI is InChI=1S/C62H43N/c1-6-18-44(19-7-1)46-30-35-52(36-31-46)63(53-37-32-48(33-38-53)55-40-34-51(45-20-8-2-9-21-45)42-59(55)47-22-10-3-11-23-47)54-39-41-58-60(43-54)56-28-16-17-29-57(56)61(49-24-12-4-13-25-49)62(58)50-26-14-5-15-27-50/h1-43H. The van der Waals surface area contributed by atoms with Crippen LogP contribution in [0.5, 0.6) is 0 Å². The number of hydrogen-bond acceptors (Lipinski definition) is 1. The lowest BCUT2D eigenvalue weighted by atomic mass is 9.85. The van der Waals surface area contributed by atoms with Crippen molar-refractivity contribution in [3.05, 3.63) is 261 Å². The lowest BCUT2D eigenvalue weighted by molar-refractivity contribution is 1.29. The van der Waals surface area contributed by atoms with Crippen molar-refractivity contribution in [3.8, 4) is 66.8 Å². The van der Waals surface area contributed by atoms with Crippen LogP contribution in [-0.4, -0.2) is 0 Å². The fraction of sp³-hybridized carbons (Fsp3) is 0. The molecule has 0 atom stereocenters. The van der Waals surface area contributed by atoms with E-state index in [2.05, 4.69) is 266 Å². The van der Waals surface area contributed by atoms with Crippen LogP contribution in [0.25, 0.3) is 88.3 Å². The molecule has 11 aromatic carbocycles. The van der Waals surface area contributed by atoms with Crippen LogP contribution in [0.1, 0.15) is 0 Å². The Balaban J connectivity index is 1.09. The molecule has 0 saturated carbocycles. The van der Waals surface area contributed by atoms with Crippen molar-refractivity contribution in [1.82, 2.24) is 0 Å². The number of hydrogen-bond donors (Lipinski definition) is 0. The molecule has 1 heteroatoms. The lowest BCUT2D eigenvalue weighted by Gasteiger charge is -2.27. The Kier molecular flexibility index (Phi) is 9.97. The van der Waals surface area contributed by atoms with Crippen molar-refractivity contribution >= 4 is 38.6 Å². The maximum Gasteiger partial charge on any atom is 0.0468 e. The zero-order valence-electron chi connectivity index (χ0n) is 34.8. The molecular weight excluding hydrogens is 759 g/mol. The van der Waals surface area contributed by atoms with E-state index in [1.54, 1.807) is 0 Å². The van der Waals surface area contributed by atoms with Crippen molar-refractivity contribution in [1.29, 1.82) is 0 Å². The highest BCUT2D eigenvalue weighted by Gasteiger charge is 2.21. The van der Waals surface area contributed by atoms with Crippen LogP contribution in [-0.2, 0) is 0 Å². The van der Waals surface area contributed by atoms with Crippen molar-refractivity contribution in [3.63, 3.8) is 0 Å². The summed E-state index contributed by atoms with van der Waals surface area (Å²) in [5.74, 6) is 0. The molecule has 296 valence electrons. The fourth-order valence-electron chi connectivity index (χ4n) is 9.26. The summed E-state index contributed by atoms with van der Waals surface area (Å²) in [6.07, 6.45) is 0. The summed E-state index contributed by atoms with van der Waals surface area (Å²) in [5.41, 5.74) is 17.8. The van der Waals surface area contributed by atoms with E-state index in [1.165, 1.54) is 88.3 Å². The van der Waals surface area contributed by atoms with Gasteiger partial charge in [-0.1, -0.05) is 218 Å². The van der Waals surface area contributed by atoms with Gasteiger partial charge in [0.2, 0.25) is 0 Å². The molecule has 0 radical (unpaired) electrons. The Morgan fingerprint density at radius 2 is 0.556 bits per heavy atom. The highest BCUT2D eigenvalue weighted by molar-refractivity contribution is 6.22. The zero-order valence-corrected chi connectivity index (χ0v) is 34.8. The molecule has 63 heavy (non-hydrogen) atoms. The van der Waals surface area contributed by atoms with E-state index in [0.29, 0.717) is 0 Å². The highest BCUT2D eigenvalue weighted by Crippen LogP contribution is 2.47. The Labute approximate surface area is 369 Å². The second-order valence-electron chi connectivity index (χ2n) is 16.0. The first kappa shape index (κ1) is 37.7. The van der Waals surface area contributed by atoms with Gasteiger partial charge in [-0.2, -0.15) is 0 Å². The van der Waals surface area contributed by atoms with Gasteiger partial charge < -0.3 is 4.90 Å². The molecule has 1 nitrogen and oxygen atoms in total. The Morgan fingerprint density at radius 3 is 1.10 bits per heavy atom. The second kappa shape index (κ2) is 16.7. The third kappa shape index (κ3) is 7.26. The van der Waals surface area contributed by atoms with Crippen LogP contribution < -0.4 is 4.90 Å². The van der Waals surface area contributed by atoms with Gasteiger partial charge in [-0.05, 0) is 131 Å². The average molecular weight is 802 g/mol. The van der Waals surface area contributed by atoms with Crippen LogP contribution in [0, 0.1) is 0 Å². The zero-order chi connectivity index (χ0) is 42.0. The summed E-state index contributed by atoms with van der Waals surface area (Å²) in [6.45, 7) is 0. The van der Waals surface area contributed by atoms with Gasteiger partial charge in [0.1, 0.15) is 0 Å². The van der Waals surface area contributed by atoms with E-state index < -0.39 is 0 Å². The van der Waals surface area contributed by atoms with Gasteiger partial charge in [-0.25, -0.2) is 0 Å². The van der Waals surface area contributed by atoms with Crippen molar-refractivity contribution in [2.75, 3.05) is 4.90 Å². The van der Waals surface area contributed by atoms with Crippen LogP contribution in [0.3, 0.4) is 0 Å². The van der Waals surface area contributed by atoms with E-state index in [9.17, 15) is 0 Å². The van der Waals surface area contributed by atoms with E-state index in [0.717, 1.165) is 17.1 Å². The van der Waals surface area contributed by atoms with E-state index in [4.69, 9.17) is 0 Å². The smallest absolute Gasteiger partial charge is 0.0468 e. The number of fused-ring (bicyclic) bond motifs is 3. The largest absolute Gasteiger partial charge is 0.310 e. The molecule has 0 saturated heterocycles. The number of anilines is 3. The molecule has 0 aliphatic heterocycles. The van der Waals surface area contributed by atoms with Crippen molar-refractivity contribution in [2.24, 2.45) is 0 Å². The Hall–Kier alpha value is -8.26. The number of nitrogens with zero attached hydrogens (tertiary/aromatic N) is 1. The average Bonchev–Trinajstić information content (AvgIpc) is 3.37. The molecule has 0 aliphatic carbocycles. The van der Waals surface area contributed by atoms with E-state index in [-0.39, 0.29) is 0 Å². The topological polar surface area (TPSA) is 3.24 Å². The molecule has 0 fully saturated rings. The molecule has 11 rings (SSSR count). The maximum atomic E-state index is 2.40. The number of rotatable bonds is 9. The van der Waals surface area contributed by atoms with Crippen LogP contribution in [0.4, 0.5) is 17.1 Å². The molecule has 0 amide bonds. The summed E-state index contributed by atoms with van der Waals surface area (Å²) in [6, 6.07) is 94.6. The van der Waals surface area contributed by atoms with Gasteiger partial charge in [0.05, 0.1) is 0 Å². The van der Waals surface area contributed by atoms with Gasteiger partial charge >= 0.3 is 0 Å². The molecule has 0 aliphatic rings. The SMILES string of the molecule is c1ccc(-c2ccc(N(c3ccc(-c4ccc(-c5ccccc5)cc4-c4ccccc4)cc3)c3ccc4c(-c5ccccc5)c(-c5ccccc5)c5ccccc5c4c3)cc2)cc1. The van der Waals surface area contributed by atoms with Crippen molar-refractivity contribution in [2.45, 2.75) is 0 Å². The molecule has 0 aromatic heterocycles. The van der Waals surface area contributed by atoms with E-state index in [1.807, 2.05) is 0 Å². The molecule has 0 N–H and O–H groups in total. The van der Waals surface area contributed by atoms with Gasteiger partial charge in [0.15, 0.2) is 0 Å². The normalized spacial score (nSPS) is 11.2. The Morgan fingerprint density at radius 1 is 0.190 bits per heavy atom. The Bertz CT molecular complexity index is 3320. The lowest BCUT2D eigenvalue weighted by Crippen LogP contribution is -2.10. The monoisotopic (exact) mass is 801 g/mol. The quantitative estimate of drug-likeness (QED) is 0.131. The molecule has 11 aromatic rings. The first-order valence-electron chi connectivity index (χ1n) is 21.7. The van der Waals surface area contributed by atoms with E-state index >= 15 is 0 Å². The highest BCUT2D eigenvalue weighted by atomic mass is 15.1. The minimum absolute atomic E-state index is 1.08. The van der Waals surface area contributed by atoms with Gasteiger partial charge in [0.25, 0.3) is 0 Å². The van der Waals surface area contributed by atoms with Crippen LogP contribution in [0.2, 0.25) is 0 Å². The summed E-state index contributed by atoms with van der Waals surface area (Å²) < 4.78 is 0. The maximum absolute atomic E-state index is 2.40. The van der Waals surface area contributed by atoms with Crippen LogP contribution >= 0.6 is 0 Å². The molecular formula is C62H43N. The third-order valence-corrected chi connectivity index (χ3v) is 12.3. The minimum Gasteiger partial charge on any atom is -0.310 e. The van der Waals surface area contributed by atoms with Gasteiger partial charge in [-0.15, -0.1) is 0 Å². The van der Waals surface area contributed by atoms with Crippen molar-refractivity contribution < 1.29 is 0 Å². The molecule has 0 heterocycles. The summed E-state index contributed by atoms with van der Waals surface area (Å²) in [7, 11) is 0.